The number of nitrogens with zero attached hydrogens (tertiary/aromatic N) is 2. The summed E-state index contributed by atoms with van der Waals surface area (Å²) in [4.78, 5) is 24.6. The smallest absolute Gasteiger partial charge is 0.256 e. The monoisotopic (exact) mass is 376 g/mol. The summed E-state index contributed by atoms with van der Waals surface area (Å²) in [7, 11) is 0. The van der Waals surface area contributed by atoms with E-state index in [2.05, 4.69) is 15.7 Å². The van der Waals surface area contributed by atoms with Gasteiger partial charge in [-0.25, -0.2) is 0 Å². The van der Waals surface area contributed by atoms with Gasteiger partial charge in [0, 0.05) is 12.2 Å². The molecule has 0 saturated carbocycles. The summed E-state index contributed by atoms with van der Waals surface area (Å²) in [6, 6.07) is 5.78. The molecule has 6 nitrogen and oxygen atoms in total. The van der Waals surface area contributed by atoms with Crippen molar-refractivity contribution in [2.24, 2.45) is 5.92 Å². The first kappa shape index (κ1) is 20.0. The summed E-state index contributed by atoms with van der Waals surface area (Å²) in [6.45, 7) is 10.2. The van der Waals surface area contributed by atoms with Crippen molar-refractivity contribution in [2.75, 3.05) is 11.9 Å². The summed E-state index contributed by atoms with van der Waals surface area (Å²) in [5, 5.41) is 10.1. The number of hydrogen-bond acceptors (Lipinski definition) is 3. The molecule has 0 unspecified atom stereocenters. The van der Waals surface area contributed by atoms with Crippen LogP contribution in [0.3, 0.4) is 0 Å². The maximum Gasteiger partial charge on any atom is 0.256 e. The molecular weight excluding hydrogens is 352 g/mol. The topological polar surface area (TPSA) is 76.0 Å². The molecule has 2 N–H and O–H groups in total. The van der Waals surface area contributed by atoms with Gasteiger partial charge in [-0.2, -0.15) is 5.10 Å². The number of carbonyl (C=O) groups excluding carboxylic acids is 2. The number of benzene rings is 1. The predicted molar refractivity (Wildman–Crippen MR) is 104 cm³/mol. The fourth-order valence-electron chi connectivity index (χ4n) is 2.72. The third kappa shape index (κ3) is 4.64. The maximum atomic E-state index is 12.4. The van der Waals surface area contributed by atoms with Crippen LogP contribution in [-0.2, 0) is 11.3 Å². The van der Waals surface area contributed by atoms with Crippen LogP contribution in [0.2, 0.25) is 5.15 Å². The lowest BCUT2D eigenvalue weighted by Crippen LogP contribution is -2.33. The molecule has 0 bridgehead atoms. The molecule has 0 aliphatic carbocycles. The van der Waals surface area contributed by atoms with Crippen LogP contribution in [0.25, 0.3) is 0 Å². The van der Waals surface area contributed by atoms with Crippen LogP contribution in [0.15, 0.2) is 18.2 Å². The molecule has 2 rings (SSSR count). The van der Waals surface area contributed by atoms with Crippen LogP contribution in [-0.4, -0.2) is 28.1 Å². The second-order valence-corrected chi connectivity index (χ2v) is 7.18. The van der Waals surface area contributed by atoms with E-state index >= 15 is 0 Å². The highest BCUT2D eigenvalue weighted by Crippen LogP contribution is 2.21. The molecule has 0 aliphatic heterocycles. The van der Waals surface area contributed by atoms with Crippen molar-refractivity contribution < 1.29 is 9.59 Å². The normalized spacial score (nSPS) is 10.9. The highest BCUT2D eigenvalue weighted by molar-refractivity contribution is 6.33. The number of aryl methyl sites for hydroxylation is 3. The molecule has 7 heteroatoms. The van der Waals surface area contributed by atoms with E-state index in [1.54, 1.807) is 11.6 Å². The van der Waals surface area contributed by atoms with Gasteiger partial charge in [-0.05, 0) is 37.8 Å². The average molecular weight is 377 g/mol. The number of rotatable bonds is 6. The second kappa shape index (κ2) is 8.36. The average Bonchev–Trinajstić information content (AvgIpc) is 2.82. The number of carbonyl (C=O) groups is 2. The van der Waals surface area contributed by atoms with E-state index in [0.29, 0.717) is 28.9 Å². The first-order valence-electron chi connectivity index (χ1n) is 8.57. The molecule has 0 atom stereocenters. The van der Waals surface area contributed by atoms with E-state index in [4.69, 9.17) is 11.6 Å². The molecule has 1 aromatic carbocycles. The molecule has 0 radical (unpaired) electrons. The Morgan fingerprint density at radius 1 is 1.19 bits per heavy atom. The van der Waals surface area contributed by atoms with Crippen molar-refractivity contribution in [3.05, 3.63) is 45.7 Å². The molecule has 0 saturated heterocycles. The van der Waals surface area contributed by atoms with Crippen LogP contribution >= 0.6 is 11.6 Å². The van der Waals surface area contributed by atoms with Crippen LogP contribution in [0.1, 0.15) is 41.0 Å². The Labute approximate surface area is 158 Å². The Bertz CT molecular complexity index is 807. The van der Waals surface area contributed by atoms with E-state index in [-0.39, 0.29) is 12.5 Å². The number of nitrogens with one attached hydrogen (secondary N) is 2. The Hall–Kier alpha value is -2.34. The lowest BCUT2D eigenvalue weighted by Gasteiger charge is -2.12. The third-order valence-corrected chi connectivity index (χ3v) is 4.37. The van der Waals surface area contributed by atoms with Crippen LogP contribution in [0.5, 0.6) is 0 Å². The summed E-state index contributed by atoms with van der Waals surface area (Å²) >= 11 is 6.29. The van der Waals surface area contributed by atoms with Gasteiger partial charge in [0.2, 0.25) is 5.91 Å². The maximum absolute atomic E-state index is 12.4. The minimum atomic E-state index is -0.404. The van der Waals surface area contributed by atoms with Gasteiger partial charge in [-0.1, -0.05) is 43.6 Å². The zero-order chi connectivity index (χ0) is 19.4. The predicted octanol–water partition coefficient (Wildman–Crippen LogP) is 3.49. The molecule has 26 heavy (non-hydrogen) atoms. The molecule has 1 heterocycles. The molecule has 2 aromatic rings. The number of para-hydroxylation sites is 1. The summed E-state index contributed by atoms with van der Waals surface area (Å²) in [5.74, 6) is -0.343. The van der Waals surface area contributed by atoms with Crippen LogP contribution in [0, 0.1) is 26.7 Å². The first-order valence-corrected chi connectivity index (χ1v) is 8.95. The van der Waals surface area contributed by atoms with Crippen LogP contribution in [0.4, 0.5) is 5.69 Å². The fourth-order valence-corrected chi connectivity index (χ4v) is 3.05. The molecular formula is C19H25ClN4O2. The summed E-state index contributed by atoms with van der Waals surface area (Å²) < 4.78 is 1.62. The van der Waals surface area contributed by atoms with Crippen molar-refractivity contribution in [1.29, 1.82) is 0 Å². The van der Waals surface area contributed by atoms with Crippen molar-refractivity contribution in [3.63, 3.8) is 0 Å². The van der Waals surface area contributed by atoms with Gasteiger partial charge in [0.1, 0.15) is 5.15 Å². The molecule has 0 fully saturated rings. The number of anilines is 1. The van der Waals surface area contributed by atoms with E-state index in [1.807, 2.05) is 45.9 Å². The lowest BCUT2D eigenvalue weighted by molar-refractivity contribution is -0.115. The number of amides is 2. The lowest BCUT2D eigenvalue weighted by atomic mass is 10.1. The van der Waals surface area contributed by atoms with E-state index in [1.165, 1.54) is 0 Å². The quantitative estimate of drug-likeness (QED) is 0.810. The Balaban J connectivity index is 2.03. The molecule has 2 amide bonds. The largest absolute Gasteiger partial charge is 0.343 e. The molecule has 0 spiro atoms. The minimum Gasteiger partial charge on any atom is -0.343 e. The highest BCUT2D eigenvalue weighted by atomic mass is 35.5. The minimum absolute atomic E-state index is 0.141. The van der Waals surface area contributed by atoms with E-state index in [0.717, 1.165) is 16.8 Å². The second-order valence-electron chi connectivity index (χ2n) is 6.82. The third-order valence-electron chi connectivity index (χ3n) is 3.99. The van der Waals surface area contributed by atoms with E-state index in [9.17, 15) is 9.59 Å². The molecule has 140 valence electrons. The van der Waals surface area contributed by atoms with Crippen molar-refractivity contribution in [1.82, 2.24) is 15.1 Å². The fraction of sp³-hybridized carbons (Fsp3) is 0.421. The van der Waals surface area contributed by atoms with Crippen molar-refractivity contribution in [3.8, 4) is 0 Å². The Morgan fingerprint density at radius 3 is 2.38 bits per heavy atom. The van der Waals surface area contributed by atoms with Gasteiger partial charge in [-0.15, -0.1) is 0 Å². The summed E-state index contributed by atoms with van der Waals surface area (Å²) in [5.41, 5.74) is 3.57. The number of aromatic nitrogens is 2. The first-order chi connectivity index (χ1) is 12.2. The zero-order valence-corrected chi connectivity index (χ0v) is 16.6. The van der Waals surface area contributed by atoms with Crippen LogP contribution < -0.4 is 10.6 Å². The number of hydrogen-bond donors (Lipinski definition) is 2. The van der Waals surface area contributed by atoms with Gasteiger partial charge in [0.15, 0.2) is 0 Å². The van der Waals surface area contributed by atoms with Gasteiger partial charge >= 0.3 is 0 Å². The SMILES string of the molecule is Cc1cccc(C)c1NC(=O)CNC(=O)c1c(C)nn(CC(C)C)c1Cl. The Kier molecular flexibility index (Phi) is 6.42. The van der Waals surface area contributed by atoms with E-state index < -0.39 is 5.91 Å². The highest BCUT2D eigenvalue weighted by Gasteiger charge is 2.21. The molecule has 1 aromatic heterocycles. The Morgan fingerprint density at radius 2 is 1.81 bits per heavy atom. The zero-order valence-electron chi connectivity index (χ0n) is 15.8. The van der Waals surface area contributed by atoms with Gasteiger partial charge < -0.3 is 10.6 Å². The summed E-state index contributed by atoms with van der Waals surface area (Å²) in [6.07, 6.45) is 0. The van der Waals surface area contributed by atoms with Gasteiger partial charge in [0.25, 0.3) is 5.91 Å². The number of halogens is 1. The van der Waals surface area contributed by atoms with Crippen molar-refractivity contribution in [2.45, 2.75) is 41.2 Å². The van der Waals surface area contributed by atoms with Gasteiger partial charge in [-0.3, -0.25) is 14.3 Å². The standard InChI is InChI=1S/C19H25ClN4O2/c1-11(2)10-24-18(20)16(14(5)23-24)19(26)21-9-15(25)22-17-12(3)7-6-8-13(17)4/h6-8,11H,9-10H2,1-5H3,(H,21,26)(H,22,25). The van der Waals surface area contributed by atoms with Gasteiger partial charge in [0.05, 0.1) is 17.8 Å². The molecule has 0 aliphatic rings. The van der Waals surface area contributed by atoms with Crippen molar-refractivity contribution >= 4 is 29.1 Å².